The molecule has 0 fully saturated rings. The van der Waals surface area contributed by atoms with Gasteiger partial charge < -0.3 is 11.1 Å². The molecule has 4 heteroatoms. The highest BCUT2D eigenvalue weighted by Crippen LogP contribution is 2.25. The van der Waals surface area contributed by atoms with E-state index in [1.54, 1.807) is 0 Å². The smallest absolute Gasteiger partial charge is 0.0968 e. The number of benzene rings is 1. The van der Waals surface area contributed by atoms with Gasteiger partial charge in [0.1, 0.15) is 0 Å². The van der Waals surface area contributed by atoms with Gasteiger partial charge in [0.25, 0.3) is 0 Å². The zero-order valence-corrected chi connectivity index (χ0v) is 11.8. The van der Waals surface area contributed by atoms with Crippen molar-refractivity contribution in [1.82, 2.24) is 4.98 Å². The number of pyridine rings is 1. The van der Waals surface area contributed by atoms with Gasteiger partial charge in [-0.25, -0.2) is 0 Å². The Balaban J connectivity index is 1.82. The van der Waals surface area contributed by atoms with Crippen molar-refractivity contribution in [2.24, 2.45) is 5.73 Å². The SMILES string of the molecule is N#C[C@@H](N)Cc1ccc(-c2ccc3c(n2)CCCN3)cc1. The Morgan fingerprint density at radius 2 is 2.05 bits per heavy atom. The van der Waals surface area contributed by atoms with E-state index in [9.17, 15) is 0 Å². The molecule has 21 heavy (non-hydrogen) atoms. The average molecular weight is 278 g/mol. The molecule has 4 nitrogen and oxygen atoms in total. The summed E-state index contributed by atoms with van der Waals surface area (Å²) < 4.78 is 0. The lowest BCUT2D eigenvalue weighted by atomic mass is 10.0. The number of fused-ring (bicyclic) bond motifs is 1. The number of hydrogen-bond acceptors (Lipinski definition) is 4. The first-order chi connectivity index (χ1) is 10.3. The predicted octanol–water partition coefficient (Wildman–Crippen LogP) is 2.50. The number of anilines is 1. The van der Waals surface area contributed by atoms with Gasteiger partial charge in [0.15, 0.2) is 0 Å². The number of aromatic nitrogens is 1. The van der Waals surface area contributed by atoms with Gasteiger partial charge in [-0.05, 0) is 30.5 Å². The van der Waals surface area contributed by atoms with Gasteiger partial charge in [0.05, 0.1) is 29.2 Å². The summed E-state index contributed by atoms with van der Waals surface area (Å²) in [6, 6.07) is 13.9. The molecule has 1 atom stereocenters. The Kier molecular flexibility index (Phi) is 3.85. The fourth-order valence-corrected chi connectivity index (χ4v) is 2.60. The molecule has 2 aromatic rings. The Bertz CT molecular complexity index is 670. The maximum absolute atomic E-state index is 8.75. The lowest BCUT2D eigenvalue weighted by Gasteiger charge is -2.17. The average Bonchev–Trinajstić information content (AvgIpc) is 2.55. The van der Waals surface area contributed by atoms with Crippen molar-refractivity contribution >= 4 is 5.69 Å². The third-order valence-corrected chi connectivity index (χ3v) is 3.75. The lowest BCUT2D eigenvalue weighted by molar-refractivity contribution is 0.803. The van der Waals surface area contributed by atoms with Crippen LogP contribution in [0.25, 0.3) is 11.3 Å². The summed E-state index contributed by atoms with van der Waals surface area (Å²) in [6.07, 6.45) is 2.75. The fourth-order valence-electron chi connectivity index (χ4n) is 2.60. The minimum Gasteiger partial charge on any atom is -0.384 e. The number of aryl methyl sites for hydroxylation is 1. The summed E-state index contributed by atoms with van der Waals surface area (Å²) in [5.74, 6) is 0. The van der Waals surface area contributed by atoms with Gasteiger partial charge in [0, 0.05) is 18.5 Å². The van der Waals surface area contributed by atoms with Crippen LogP contribution in [-0.4, -0.2) is 17.6 Å². The lowest BCUT2D eigenvalue weighted by Crippen LogP contribution is -2.19. The topological polar surface area (TPSA) is 74.7 Å². The van der Waals surface area contributed by atoms with Crippen LogP contribution in [0.15, 0.2) is 36.4 Å². The summed E-state index contributed by atoms with van der Waals surface area (Å²) in [5, 5.41) is 12.1. The molecule has 106 valence electrons. The zero-order chi connectivity index (χ0) is 14.7. The third-order valence-electron chi connectivity index (χ3n) is 3.75. The van der Waals surface area contributed by atoms with Crippen molar-refractivity contribution in [2.45, 2.75) is 25.3 Å². The van der Waals surface area contributed by atoms with Crippen molar-refractivity contribution in [3.05, 3.63) is 47.7 Å². The van der Waals surface area contributed by atoms with Gasteiger partial charge in [-0.1, -0.05) is 24.3 Å². The van der Waals surface area contributed by atoms with Crippen molar-refractivity contribution in [3.8, 4) is 17.3 Å². The molecular weight excluding hydrogens is 260 g/mol. The number of nitrogens with zero attached hydrogens (tertiary/aromatic N) is 2. The van der Waals surface area contributed by atoms with Crippen molar-refractivity contribution in [3.63, 3.8) is 0 Å². The minimum atomic E-state index is -0.441. The van der Waals surface area contributed by atoms with Crippen molar-refractivity contribution in [2.75, 3.05) is 11.9 Å². The Hall–Kier alpha value is -2.38. The van der Waals surface area contributed by atoms with E-state index >= 15 is 0 Å². The molecule has 1 aliphatic rings. The maximum Gasteiger partial charge on any atom is 0.0968 e. The highest BCUT2D eigenvalue weighted by atomic mass is 14.9. The third kappa shape index (κ3) is 3.04. The van der Waals surface area contributed by atoms with E-state index in [0.29, 0.717) is 6.42 Å². The number of hydrogen-bond donors (Lipinski definition) is 2. The number of nitrogens with one attached hydrogen (secondary N) is 1. The normalized spacial score (nSPS) is 14.7. The monoisotopic (exact) mass is 278 g/mol. The summed E-state index contributed by atoms with van der Waals surface area (Å²) in [5.41, 5.74) is 11.1. The van der Waals surface area contributed by atoms with Gasteiger partial charge in [0.2, 0.25) is 0 Å². The van der Waals surface area contributed by atoms with Gasteiger partial charge in [-0.2, -0.15) is 5.26 Å². The molecule has 0 spiro atoms. The van der Waals surface area contributed by atoms with Gasteiger partial charge in [-0.3, -0.25) is 4.98 Å². The first kappa shape index (κ1) is 13.6. The van der Waals surface area contributed by atoms with E-state index in [0.717, 1.165) is 47.6 Å². The highest BCUT2D eigenvalue weighted by Gasteiger charge is 2.11. The molecule has 0 saturated heterocycles. The van der Waals surface area contributed by atoms with Crippen LogP contribution in [0, 0.1) is 11.3 Å². The summed E-state index contributed by atoms with van der Waals surface area (Å²) in [6.45, 7) is 1.03. The van der Waals surface area contributed by atoms with E-state index in [-0.39, 0.29) is 0 Å². The molecule has 0 aliphatic carbocycles. The molecule has 2 heterocycles. The molecule has 0 amide bonds. The Morgan fingerprint density at radius 1 is 1.24 bits per heavy atom. The Labute approximate surface area is 124 Å². The molecule has 3 rings (SSSR count). The molecule has 0 unspecified atom stereocenters. The van der Waals surface area contributed by atoms with E-state index in [1.807, 2.05) is 30.3 Å². The molecular formula is C17H18N4. The van der Waals surface area contributed by atoms with Crippen molar-refractivity contribution in [1.29, 1.82) is 5.26 Å². The highest BCUT2D eigenvalue weighted by molar-refractivity contribution is 5.63. The van der Waals surface area contributed by atoms with E-state index < -0.39 is 6.04 Å². The first-order valence-electron chi connectivity index (χ1n) is 7.24. The largest absolute Gasteiger partial charge is 0.384 e. The van der Waals surface area contributed by atoms with E-state index in [4.69, 9.17) is 16.0 Å². The number of rotatable bonds is 3. The second-order valence-electron chi connectivity index (χ2n) is 5.36. The molecule has 1 aromatic heterocycles. The molecule has 0 bridgehead atoms. The standard InChI is InChI=1S/C17H18N4/c18-11-14(19)10-12-3-5-13(6-4-12)15-7-8-16-17(21-15)2-1-9-20-16/h3-8,14,20H,1-2,9-10,19H2/t14-/m0/s1. The molecule has 1 aliphatic heterocycles. The molecule has 0 saturated carbocycles. The summed E-state index contributed by atoms with van der Waals surface area (Å²) in [7, 11) is 0. The quantitative estimate of drug-likeness (QED) is 0.904. The summed E-state index contributed by atoms with van der Waals surface area (Å²) in [4.78, 5) is 4.75. The molecule has 0 radical (unpaired) electrons. The van der Waals surface area contributed by atoms with Crippen LogP contribution < -0.4 is 11.1 Å². The summed E-state index contributed by atoms with van der Waals surface area (Å²) >= 11 is 0. The van der Waals surface area contributed by atoms with Crippen LogP contribution in [0.2, 0.25) is 0 Å². The van der Waals surface area contributed by atoms with Crippen molar-refractivity contribution < 1.29 is 0 Å². The Morgan fingerprint density at radius 3 is 2.81 bits per heavy atom. The fraction of sp³-hybridized carbons (Fsp3) is 0.294. The number of nitrogens with two attached hydrogens (primary N) is 1. The second-order valence-corrected chi connectivity index (χ2v) is 5.36. The van der Waals surface area contributed by atoms with Crippen LogP contribution in [0.4, 0.5) is 5.69 Å². The van der Waals surface area contributed by atoms with Gasteiger partial charge >= 0.3 is 0 Å². The molecule has 1 aromatic carbocycles. The molecule has 3 N–H and O–H groups in total. The number of nitriles is 1. The predicted molar refractivity (Wildman–Crippen MR) is 83.8 cm³/mol. The second kappa shape index (κ2) is 5.94. The van der Waals surface area contributed by atoms with Crippen LogP contribution in [-0.2, 0) is 12.8 Å². The first-order valence-corrected chi connectivity index (χ1v) is 7.24. The van der Waals surface area contributed by atoms with Crippen LogP contribution in [0.1, 0.15) is 17.7 Å². The van der Waals surface area contributed by atoms with E-state index in [1.165, 1.54) is 0 Å². The zero-order valence-electron chi connectivity index (χ0n) is 11.8. The maximum atomic E-state index is 8.75. The van der Waals surface area contributed by atoms with Crippen LogP contribution in [0.5, 0.6) is 0 Å². The van der Waals surface area contributed by atoms with Gasteiger partial charge in [-0.15, -0.1) is 0 Å². The minimum absolute atomic E-state index is 0.441. The van der Waals surface area contributed by atoms with Crippen LogP contribution in [0.3, 0.4) is 0 Å². The van der Waals surface area contributed by atoms with E-state index in [2.05, 4.69) is 17.5 Å². The van der Waals surface area contributed by atoms with Crippen LogP contribution >= 0.6 is 0 Å².